The summed E-state index contributed by atoms with van der Waals surface area (Å²) >= 11 is 3.29. The molecule has 0 fully saturated rings. The number of hydrogen-bond acceptors (Lipinski definition) is 1. The molecule has 0 heterocycles. The van der Waals surface area contributed by atoms with Gasteiger partial charge in [-0.3, -0.25) is 0 Å². The van der Waals surface area contributed by atoms with Crippen molar-refractivity contribution in [2.75, 3.05) is 0 Å². The molecule has 0 amide bonds. The lowest BCUT2D eigenvalue weighted by Gasteiger charge is -2.14. The molecule has 94 valence electrons. The van der Waals surface area contributed by atoms with Crippen molar-refractivity contribution in [1.82, 2.24) is 0 Å². The summed E-state index contributed by atoms with van der Waals surface area (Å²) in [6.07, 6.45) is 0.966. The van der Waals surface area contributed by atoms with Gasteiger partial charge in [0.15, 0.2) is 0 Å². The maximum absolute atomic E-state index is 13.4. The summed E-state index contributed by atoms with van der Waals surface area (Å²) in [5.74, 6) is -0.276. The Morgan fingerprint density at radius 3 is 2.61 bits per heavy atom. The van der Waals surface area contributed by atoms with Gasteiger partial charge in [0, 0.05) is 4.47 Å². The van der Waals surface area contributed by atoms with E-state index in [0.29, 0.717) is 4.47 Å². The van der Waals surface area contributed by atoms with Crippen molar-refractivity contribution >= 4 is 15.9 Å². The Balaban J connectivity index is 2.37. The van der Waals surface area contributed by atoms with E-state index in [9.17, 15) is 4.39 Å². The minimum Gasteiger partial charge on any atom is -0.320 e. The van der Waals surface area contributed by atoms with Crippen LogP contribution in [0.5, 0.6) is 0 Å². The first kappa shape index (κ1) is 13.2. The van der Waals surface area contributed by atoms with Crippen molar-refractivity contribution in [1.29, 1.82) is 0 Å². The van der Waals surface area contributed by atoms with Crippen LogP contribution in [0.1, 0.15) is 29.7 Å². The summed E-state index contributed by atoms with van der Waals surface area (Å²) in [5, 5.41) is 0. The molecule has 0 saturated carbocycles. The molecular weight excluding hydrogens is 293 g/mol. The molecule has 0 aliphatic heterocycles. The minimum absolute atomic E-state index is 0.276. The quantitative estimate of drug-likeness (QED) is 0.903. The van der Waals surface area contributed by atoms with Gasteiger partial charge >= 0.3 is 0 Å². The second-order valence-electron chi connectivity index (χ2n) is 4.28. The van der Waals surface area contributed by atoms with Crippen molar-refractivity contribution in [2.24, 2.45) is 5.73 Å². The smallest absolute Gasteiger partial charge is 0.124 e. The van der Waals surface area contributed by atoms with Gasteiger partial charge in [-0.25, -0.2) is 4.39 Å². The fourth-order valence-electron chi connectivity index (χ4n) is 1.95. The fourth-order valence-corrected chi connectivity index (χ4v) is 2.44. The van der Waals surface area contributed by atoms with Crippen LogP contribution in [-0.2, 0) is 6.42 Å². The molecule has 2 rings (SSSR count). The van der Waals surface area contributed by atoms with Crippen molar-refractivity contribution in [2.45, 2.75) is 19.4 Å². The Bertz CT molecular complexity index is 534. The van der Waals surface area contributed by atoms with E-state index in [1.54, 1.807) is 0 Å². The first-order valence-electron chi connectivity index (χ1n) is 5.90. The summed E-state index contributed by atoms with van der Waals surface area (Å²) < 4.78 is 14.1. The van der Waals surface area contributed by atoms with Crippen LogP contribution in [0.2, 0.25) is 0 Å². The minimum atomic E-state index is -0.302. The van der Waals surface area contributed by atoms with E-state index in [1.807, 2.05) is 18.2 Å². The van der Waals surface area contributed by atoms with Crippen LogP contribution in [0.15, 0.2) is 46.9 Å². The normalized spacial score (nSPS) is 12.4. The second kappa shape index (κ2) is 5.63. The maximum atomic E-state index is 13.4. The van der Waals surface area contributed by atoms with Crippen LogP contribution in [0.4, 0.5) is 4.39 Å². The molecule has 0 spiro atoms. The van der Waals surface area contributed by atoms with Crippen LogP contribution in [0.3, 0.4) is 0 Å². The van der Waals surface area contributed by atoms with Gasteiger partial charge in [-0.2, -0.15) is 0 Å². The Labute approximate surface area is 115 Å². The summed E-state index contributed by atoms with van der Waals surface area (Å²) in [6.45, 7) is 2.10. The predicted molar refractivity (Wildman–Crippen MR) is 76.0 cm³/mol. The van der Waals surface area contributed by atoms with Gasteiger partial charge in [0.25, 0.3) is 0 Å². The molecule has 0 radical (unpaired) electrons. The van der Waals surface area contributed by atoms with Crippen molar-refractivity contribution < 1.29 is 4.39 Å². The van der Waals surface area contributed by atoms with Crippen molar-refractivity contribution in [3.8, 4) is 0 Å². The highest BCUT2D eigenvalue weighted by molar-refractivity contribution is 9.10. The summed E-state index contributed by atoms with van der Waals surface area (Å²) in [7, 11) is 0. The molecule has 1 atom stereocenters. The lowest BCUT2D eigenvalue weighted by molar-refractivity contribution is 0.622. The lowest BCUT2D eigenvalue weighted by Crippen LogP contribution is -2.12. The third-order valence-corrected chi connectivity index (χ3v) is 3.42. The van der Waals surface area contributed by atoms with Crippen molar-refractivity contribution in [3.05, 3.63) is 69.4 Å². The van der Waals surface area contributed by atoms with Gasteiger partial charge in [0.1, 0.15) is 5.82 Å². The number of hydrogen-bond donors (Lipinski definition) is 1. The molecule has 0 bridgehead atoms. The Morgan fingerprint density at radius 2 is 1.94 bits per heavy atom. The second-order valence-corrected chi connectivity index (χ2v) is 5.19. The molecule has 1 unspecified atom stereocenters. The zero-order valence-corrected chi connectivity index (χ0v) is 11.7. The van der Waals surface area contributed by atoms with Gasteiger partial charge in [0.2, 0.25) is 0 Å². The van der Waals surface area contributed by atoms with E-state index in [1.165, 1.54) is 17.7 Å². The van der Waals surface area contributed by atoms with Gasteiger partial charge in [-0.05, 0) is 41.3 Å². The largest absolute Gasteiger partial charge is 0.320 e. The summed E-state index contributed by atoms with van der Waals surface area (Å²) in [4.78, 5) is 0. The molecule has 0 saturated heterocycles. The van der Waals surface area contributed by atoms with E-state index < -0.39 is 0 Å². The fraction of sp³-hybridized carbons (Fsp3) is 0.200. The monoisotopic (exact) mass is 307 g/mol. The standard InChI is InChI=1S/C15H15BrFN/c1-2-10-4-3-5-11(6-10)15(18)12-7-13(16)9-14(17)8-12/h3-9,15H,2,18H2,1H3. The SMILES string of the molecule is CCc1cccc(C(N)c2cc(F)cc(Br)c2)c1. The van der Waals surface area contributed by atoms with Gasteiger partial charge < -0.3 is 5.73 Å². The number of nitrogens with two attached hydrogens (primary N) is 1. The van der Waals surface area contributed by atoms with Crippen LogP contribution >= 0.6 is 15.9 Å². The van der Waals surface area contributed by atoms with Crippen LogP contribution in [0, 0.1) is 5.82 Å². The van der Waals surface area contributed by atoms with E-state index in [2.05, 4.69) is 35.0 Å². The first-order chi connectivity index (χ1) is 8.60. The van der Waals surface area contributed by atoms with Crippen LogP contribution < -0.4 is 5.73 Å². The van der Waals surface area contributed by atoms with Crippen LogP contribution in [0.25, 0.3) is 0 Å². The van der Waals surface area contributed by atoms with Crippen molar-refractivity contribution in [3.63, 3.8) is 0 Å². The van der Waals surface area contributed by atoms with Crippen LogP contribution in [-0.4, -0.2) is 0 Å². The maximum Gasteiger partial charge on any atom is 0.124 e. The lowest BCUT2D eigenvalue weighted by atomic mass is 9.97. The van der Waals surface area contributed by atoms with E-state index in [0.717, 1.165) is 17.5 Å². The zero-order valence-electron chi connectivity index (χ0n) is 10.2. The molecule has 0 aliphatic carbocycles. The highest BCUT2D eigenvalue weighted by atomic mass is 79.9. The molecular formula is C15H15BrFN. The summed E-state index contributed by atoms with van der Waals surface area (Å²) in [6, 6.07) is 12.6. The molecule has 2 N–H and O–H groups in total. The van der Waals surface area contributed by atoms with E-state index >= 15 is 0 Å². The number of benzene rings is 2. The van der Waals surface area contributed by atoms with Gasteiger partial charge in [0.05, 0.1) is 6.04 Å². The van der Waals surface area contributed by atoms with Gasteiger partial charge in [-0.15, -0.1) is 0 Å². The average molecular weight is 308 g/mol. The Hall–Kier alpha value is -1.19. The topological polar surface area (TPSA) is 26.0 Å². The molecule has 2 aromatic carbocycles. The highest BCUT2D eigenvalue weighted by Crippen LogP contribution is 2.24. The molecule has 0 aromatic heterocycles. The van der Waals surface area contributed by atoms with E-state index in [4.69, 9.17) is 5.73 Å². The molecule has 0 aliphatic rings. The third kappa shape index (κ3) is 2.98. The molecule has 3 heteroatoms. The Morgan fingerprint density at radius 1 is 1.17 bits per heavy atom. The predicted octanol–water partition coefficient (Wildman–Crippen LogP) is 4.20. The zero-order chi connectivity index (χ0) is 13.1. The average Bonchev–Trinajstić information content (AvgIpc) is 2.37. The van der Waals surface area contributed by atoms with Gasteiger partial charge in [-0.1, -0.05) is 47.1 Å². The summed E-state index contributed by atoms with van der Waals surface area (Å²) in [5.41, 5.74) is 9.20. The van der Waals surface area contributed by atoms with E-state index in [-0.39, 0.29) is 11.9 Å². The molecule has 1 nitrogen and oxygen atoms in total. The first-order valence-corrected chi connectivity index (χ1v) is 6.70. The highest BCUT2D eigenvalue weighted by Gasteiger charge is 2.11. The third-order valence-electron chi connectivity index (χ3n) is 2.96. The number of rotatable bonds is 3. The molecule has 2 aromatic rings. The Kier molecular flexibility index (Phi) is 4.15. The molecule has 18 heavy (non-hydrogen) atoms. The number of aryl methyl sites for hydroxylation is 1. The number of halogens is 2.